The highest BCUT2D eigenvalue weighted by molar-refractivity contribution is 5.59. The van der Waals surface area contributed by atoms with E-state index in [1.54, 1.807) is 25.6 Å². The molecule has 27 heavy (non-hydrogen) atoms. The van der Waals surface area contributed by atoms with Crippen molar-refractivity contribution in [2.24, 2.45) is 5.92 Å². The van der Waals surface area contributed by atoms with Crippen LogP contribution in [0.15, 0.2) is 52.5 Å². The van der Waals surface area contributed by atoms with Gasteiger partial charge in [-0.3, -0.25) is 14.8 Å². The minimum Gasteiger partial charge on any atom is -0.480 e. The number of pyridine rings is 1. The fourth-order valence-electron chi connectivity index (χ4n) is 3.05. The van der Waals surface area contributed by atoms with Crippen LogP contribution in [0.25, 0.3) is 17.3 Å². The SMILES string of the molecule is COc1nnc(-c2c[nH]c(=O)[nH]c2=O)cc1[C@H]1C[C@@H]1/C=C/c1ccncc1. The van der Waals surface area contributed by atoms with E-state index in [1.165, 1.54) is 6.20 Å². The summed E-state index contributed by atoms with van der Waals surface area (Å²) in [5.74, 6) is 1.05. The zero-order valence-electron chi connectivity index (χ0n) is 14.5. The molecule has 8 nitrogen and oxygen atoms in total. The van der Waals surface area contributed by atoms with Crippen LogP contribution < -0.4 is 16.0 Å². The van der Waals surface area contributed by atoms with Crippen molar-refractivity contribution in [1.82, 2.24) is 25.1 Å². The van der Waals surface area contributed by atoms with Crippen LogP contribution in [0.2, 0.25) is 0 Å². The van der Waals surface area contributed by atoms with Gasteiger partial charge in [0.2, 0.25) is 5.88 Å². The Morgan fingerprint density at radius 1 is 1.22 bits per heavy atom. The van der Waals surface area contributed by atoms with Gasteiger partial charge < -0.3 is 9.72 Å². The van der Waals surface area contributed by atoms with E-state index in [-0.39, 0.29) is 11.5 Å². The number of rotatable bonds is 5. The second kappa shape index (κ2) is 6.99. The summed E-state index contributed by atoms with van der Waals surface area (Å²) in [5.41, 5.74) is 1.58. The van der Waals surface area contributed by atoms with E-state index in [9.17, 15) is 9.59 Å². The van der Waals surface area contributed by atoms with Crippen molar-refractivity contribution >= 4 is 6.08 Å². The predicted octanol–water partition coefficient (Wildman–Crippen LogP) is 1.74. The molecule has 136 valence electrons. The molecule has 3 heterocycles. The first-order chi connectivity index (χ1) is 13.2. The number of nitrogens with one attached hydrogen (secondary N) is 2. The normalized spacial score (nSPS) is 18.6. The number of H-pyrrole nitrogens is 2. The molecule has 0 bridgehead atoms. The van der Waals surface area contributed by atoms with Crippen LogP contribution in [0.4, 0.5) is 0 Å². The van der Waals surface area contributed by atoms with Gasteiger partial charge in [0.1, 0.15) is 5.69 Å². The first kappa shape index (κ1) is 16.9. The molecule has 3 aromatic rings. The van der Waals surface area contributed by atoms with Crippen molar-refractivity contribution in [3.63, 3.8) is 0 Å². The molecule has 2 atom stereocenters. The number of nitrogens with zero attached hydrogens (tertiary/aromatic N) is 3. The molecular weight excluding hydrogens is 346 g/mol. The van der Waals surface area contributed by atoms with Gasteiger partial charge in [0, 0.05) is 24.2 Å². The van der Waals surface area contributed by atoms with Gasteiger partial charge in [-0.15, -0.1) is 10.2 Å². The van der Waals surface area contributed by atoms with Crippen LogP contribution in [0.3, 0.4) is 0 Å². The van der Waals surface area contributed by atoms with Crippen LogP contribution in [0, 0.1) is 5.92 Å². The molecule has 1 fully saturated rings. The predicted molar refractivity (Wildman–Crippen MR) is 99.4 cm³/mol. The summed E-state index contributed by atoms with van der Waals surface area (Å²) >= 11 is 0. The lowest BCUT2D eigenvalue weighted by atomic mass is 10.1. The number of aromatic nitrogens is 5. The summed E-state index contributed by atoms with van der Waals surface area (Å²) in [4.78, 5) is 31.9. The van der Waals surface area contributed by atoms with Crippen molar-refractivity contribution < 1.29 is 4.74 Å². The second-order valence-electron chi connectivity index (χ2n) is 6.33. The number of allylic oxidation sites excluding steroid dienone is 1. The Kier molecular flexibility index (Phi) is 4.37. The Labute approximate surface area is 154 Å². The Hall–Kier alpha value is -3.55. The molecule has 1 aliphatic rings. The monoisotopic (exact) mass is 363 g/mol. The second-order valence-corrected chi connectivity index (χ2v) is 6.33. The van der Waals surface area contributed by atoms with Crippen molar-refractivity contribution in [2.45, 2.75) is 12.3 Å². The topological polar surface area (TPSA) is 114 Å². The molecule has 0 saturated heterocycles. The van der Waals surface area contributed by atoms with Crippen molar-refractivity contribution in [3.8, 4) is 17.1 Å². The molecule has 2 N–H and O–H groups in total. The fourth-order valence-corrected chi connectivity index (χ4v) is 3.05. The van der Waals surface area contributed by atoms with Gasteiger partial charge in [-0.1, -0.05) is 12.2 Å². The minimum absolute atomic E-state index is 0.245. The number of ether oxygens (including phenoxy) is 1. The Morgan fingerprint density at radius 3 is 2.78 bits per heavy atom. The standard InChI is InChI=1S/C19H17N5O3/c1-27-18-14(13-8-12(13)3-2-11-4-6-20-7-5-11)9-16(23-24-18)15-10-21-19(26)22-17(15)25/h2-7,9-10,12-13H,8H2,1H3,(H2,21,22,25,26)/b3-2+/t12-,13-/m0/s1. The molecular formula is C19H17N5O3. The first-order valence-electron chi connectivity index (χ1n) is 8.48. The Balaban J connectivity index is 1.62. The Bertz CT molecular complexity index is 1100. The third-order valence-electron chi connectivity index (χ3n) is 4.56. The highest BCUT2D eigenvalue weighted by Gasteiger charge is 2.39. The quantitative estimate of drug-likeness (QED) is 0.714. The average Bonchev–Trinajstić information content (AvgIpc) is 3.46. The van der Waals surface area contributed by atoms with E-state index >= 15 is 0 Å². The van der Waals surface area contributed by atoms with Gasteiger partial charge in [-0.25, -0.2) is 4.79 Å². The van der Waals surface area contributed by atoms with E-state index in [1.807, 2.05) is 12.1 Å². The molecule has 4 rings (SSSR count). The highest BCUT2D eigenvalue weighted by atomic mass is 16.5. The fraction of sp³-hybridized carbons (Fsp3) is 0.211. The van der Waals surface area contributed by atoms with E-state index < -0.39 is 11.2 Å². The molecule has 0 radical (unpaired) electrons. The van der Waals surface area contributed by atoms with Crippen LogP contribution in [0.5, 0.6) is 5.88 Å². The van der Waals surface area contributed by atoms with Crippen LogP contribution in [-0.4, -0.2) is 32.3 Å². The molecule has 0 unspecified atom stereocenters. The maximum absolute atomic E-state index is 12.0. The van der Waals surface area contributed by atoms with Gasteiger partial charge in [0.25, 0.3) is 5.56 Å². The zero-order valence-corrected chi connectivity index (χ0v) is 14.5. The van der Waals surface area contributed by atoms with Gasteiger partial charge in [0.05, 0.1) is 12.7 Å². The number of hydrogen-bond donors (Lipinski definition) is 2. The molecule has 1 saturated carbocycles. The van der Waals surface area contributed by atoms with Gasteiger partial charge in [0.15, 0.2) is 0 Å². The minimum atomic E-state index is -0.561. The summed E-state index contributed by atoms with van der Waals surface area (Å²) in [6.07, 6.45) is 10.1. The highest BCUT2D eigenvalue weighted by Crippen LogP contribution is 2.51. The Morgan fingerprint density at radius 2 is 2.04 bits per heavy atom. The molecule has 8 heteroatoms. The summed E-state index contributed by atoms with van der Waals surface area (Å²) in [5, 5.41) is 8.16. The zero-order chi connectivity index (χ0) is 18.8. The lowest BCUT2D eigenvalue weighted by Gasteiger charge is -2.07. The average molecular weight is 363 g/mol. The molecule has 0 amide bonds. The summed E-state index contributed by atoms with van der Waals surface area (Å²) in [6, 6.07) is 5.70. The van der Waals surface area contributed by atoms with E-state index in [0.29, 0.717) is 17.5 Å². The van der Waals surface area contributed by atoms with Crippen LogP contribution in [-0.2, 0) is 0 Å². The van der Waals surface area contributed by atoms with Crippen molar-refractivity contribution in [2.75, 3.05) is 7.11 Å². The van der Waals surface area contributed by atoms with Crippen molar-refractivity contribution in [1.29, 1.82) is 0 Å². The summed E-state index contributed by atoms with van der Waals surface area (Å²) in [6.45, 7) is 0. The van der Waals surface area contributed by atoms with Crippen LogP contribution in [0.1, 0.15) is 23.5 Å². The number of methoxy groups -OCH3 is 1. The summed E-state index contributed by atoms with van der Waals surface area (Å²) < 4.78 is 5.35. The first-order valence-corrected chi connectivity index (χ1v) is 8.48. The van der Waals surface area contributed by atoms with Gasteiger partial charge >= 0.3 is 5.69 Å². The lowest BCUT2D eigenvalue weighted by molar-refractivity contribution is 0.386. The van der Waals surface area contributed by atoms with E-state index in [2.05, 4.69) is 37.3 Å². The van der Waals surface area contributed by atoms with Crippen LogP contribution >= 0.6 is 0 Å². The largest absolute Gasteiger partial charge is 0.480 e. The maximum atomic E-state index is 12.0. The lowest BCUT2D eigenvalue weighted by Crippen LogP contribution is -2.23. The molecule has 0 spiro atoms. The molecule has 0 aromatic carbocycles. The molecule has 3 aromatic heterocycles. The number of hydrogen-bond acceptors (Lipinski definition) is 6. The van der Waals surface area contributed by atoms with Crippen molar-refractivity contribution in [3.05, 3.63) is 74.8 Å². The van der Waals surface area contributed by atoms with Gasteiger partial charge in [-0.05, 0) is 42.0 Å². The number of aromatic amines is 2. The van der Waals surface area contributed by atoms with E-state index in [0.717, 1.165) is 17.5 Å². The van der Waals surface area contributed by atoms with E-state index in [4.69, 9.17) is 4.74 Å². The third-order valence-corrected chi connectivity index (χ3v) is 4.56. The molecule has 0 aliphatic heterocycles. The third kappa shape index (κ3) is 3.55. The smallest absolute Gasteiger partial charge is 0.325 e. The maximum Gasteiger partial charge on any atom is 0.325 e. The summed E-state index contributed by atoms with van der Waals surface area (Å²) in [7, 11) is 1.55. The molecule has 1 aliphatic carbocycles. The van der Waals surface area contributed by atoms with Gasteiger partial charge in [-0.2, -0.15) is 0 Å².